The van der Waals surface area contributed by atoms with Crippen LogP contribution in [-0.4, -0.2) is 49.1 Å². The van der Waals surface area contributed by atoms with Gasteiger partial charge in [-0.15, -0.1) is 0 Å². The molecule has 6 heteroatoms. The highest BCUT2D eigenvalue weighted by Gasteiger charge is 2.31. The van der Waals surface area contributed by atoms with Gasteiger partial charge in [0.2, 0.25) is 0 Å². The summed E-state index contributed by atoms with van der Waals surface area (Å²) in [5, 5.41) is 12.6. The summed E-state index contributed by atoms with van der Waals surface area (Å²) in [6.45, 7) is 1.99. The van der Waals surface area contributed by atoms with Gasteiger partial charge in [-0.1, -0.05) is 0 Å². The Labute approximate surface area is 133 Å². The molecule has 2 heterocycles. The molecule has 1 aromatic carbocycles. The normalized spacial score (nSPS) is 25.2. The molecule has 0 aromatic heterocycles. The van der Waals surface area contributed by atoms with E-state index in [4.69, 9.17) is 0 Å². The molecule has 0 spiro atoms. The number of hydrogen-bond acceptors (Lipinski definition) is 4. The van der Waals surface area contributed by atoms with Crippen molar-refractivity contribution in [3.05, 3.63) is 22.2 Å². The maximum absolute atomic E-state index is 11.6. The standard InChI is InChI=1S/C15H20BrN3O2/c1-18(2)9-4-3-5-19(8-9)13-7-12-10(6-11(13)16)14(20)15(21)17-12/h6-7,9,14,20H,3-5,8H2,1-2H3,(H,17,21). The van der Waals surface area contributed by atoms with Crippen LogP contribution in [0.15, 0.2) is 16.6 Å². The number of likely N-dealkylation sites (N-methyl/N-ethyl adjacent to an activating group) is 1. The first-order chi connectivity index (χ1) is 9.97. The summed E-state index contributed by atoms with van der Waals surface area (Å²) in [6.07, 6.45) is 1.31. The van der Waals surface area contributed by atoms with Gasteiger partial charge in [0, 0.05) is 34.9 Å². The van der Waals surface area contributed by atoms with E-state index in [1.165, 1.54) is 6.42 Å². The molecular formula is C15H20BrN3O2. The van der Waals surface area contributed by atoms with Gasteiger partial charge in [-0.05, 0) is 55.0 Å². The monoisotopic (exact) mass is 353 g/mol. The summed E-state index contributed by atoms with van der Waals surface area (Å²) in [6, 6.07) is 4.36. The van der Waals surface area contributed by atoms with Crippen LogP contribution in [-0.2, 0) is 4.79 Å². The molecule has 3 rings (SSSR count). The highest BCUT2D eigenvalue weighted by molar-refractivity contribution is 9.10. The van der Waals surface area contributed by atoms with Crippen molar-refractivity contribution in [2.75, 3.05) is 37.4 Å². The van der Waals surface area contributed by atoms with Gasteiger partial charge in [-0.3, -0.25) is 4.79 Å². The SMILES string of the molecule is CN(C)C1CCCN(c2cc3c(cc2Br)C(O)C(=O)N3)C1. The maximum atomic E-state index is 11.6. The molecule has 114 valence electrons. The van der Waals surface area contributed by atoms with Crippen LogP contribution in [0, 0.1) is 0 Å². The Kier molecular flexibility index (Phi) is 3.94. The van der Waals surface area contributed by atoms with E-state index in [2.05, 4.69) is 45.1 Å². The molecule has 1 aromatic rings. The van der Waals surface area contributed by atoms with Crippen molar-refractivity contribution < 1.29 is 9.90 Å². The van der Waals surface area contributed by atoms with Crippen LogP contribution in [0.5, 0.6) is 0 Å². The lowest BCUT2D eigenvalue weighted by molar-refractivity contribution is -0.123. The summed E-state index contributed by atoms with van der Waals surface area (Å²) in [7, 11) is 4.23. The van der Waals surface area contributed by atoms with Gasteiger partial charge >= 0.3 is 0 Å². The third kappa shape index (κ3) is 2.67. The number of hydrogen-bond donors (Lipinski definition) is 2. The Morgan fingerprint density at radius 2 is 2.19 bits per heavy atom. The van der Waals surface area contributed by atoms with Gasteiger partial charge in [-0.25, -0.2) is 0 Å². The molecule has 2 aliphatic rings. The predicted molar refractivity (Wildman–Crippen MR) is 86.7 cm³/mol. The number of carbonyl (C=O) groups excluding carboxylic acids is 1. The average molecular weight is 354 g/mol. The lowest BCUT2D eigenvalue weighted by Gasteiger charge is -2.38. The maximum Gasteiger partial charge on any atom is 0.257 e. The number of carbonyl (C=O) groups is 1. The topological polar surface area (TPSA) is 55.8 Å². The van der Waals surface area contributed by atoms with E-state index in [1.807, 2.05) is 12.1 Å². The highest BCUT2D eigenvalue weighted by Crippen LogP contribution is 2.39. The molecule has 2 unspecified atom stereocenters. The summed E-state index contributed by atoms with van der Waals surface area (Å²) in [5.41, 5.74) is 2.45. The van der Waals surface area contributed by atoms with E-state index >= 15 is 0 Å². The lowest BCUT2D eigenvalue weighted by atomic mass is 10.0. The van der Waals surface area contributed by atoms with E-state index in [0.29, 0.717) is 11.6 Å². The number of piperidine rings is 1. The van der Waals surface area contributed by atoms with Gasteiger partial charge in [0.1, 0.15) is 0 Å². The van der Waals surface area contributed by atoms with Crippen LogP contribution in [0.1, 0.15) is 24.5 Å². The molecule has 1 amide bonds. The summed E-state index contributed by atoms with van der Waals surface area (Å²) >= 11 is 3.58. The molecule has 0 bridgehead atoms. The van der Waals surface area contributed by atoms with Crippen molar-refractivity contribution in [1.82, 2.24) is 4.90 Å². The zero-order valence-corrected chi connectivity index (χ0v) is 13.9. The number of anilines is 2. The second kappa shape index (κ2) is 5.59. The van der Waals surface area contributed by atoms with E-state index in [9.17, 15) is 9.90 Å². The number of amides is 1. The number of aliphatic hydroxyl groups excluding tert-OH is 1. The van der Waals surface area contributed by atoms with E-state index in [0.717, 1.165) is 35.4 Å². The van der Waals surface area contributed by atoms with Crippen molar-refractivity contribution in [3.8, 4) is 0 Å². The Hall–Kier alpha value is -1.11. The highest BCUT2D eigenvalue weighted by atomic mass is 79.9. The Balaban J connectivity index is 1.90. The Bertz CT molecular complexity index is 576. The zero-order valence-electron chi connectivity index (χ0n) is 12.3. The molecule has 21 heavy (non-hydrogen) atoms. The van der Waals surface area contributed by atoms with Crippen molar-refractivity contribution in [3.63, 3.8) is 0 Å². The first-order valence-electron chi connectivity index (χ1n) is 7.21. The largest absolute Gasteiger partial charge is 0.378 e. The molecule has 0 radical (unpaired) electrons. The summed E-state index contributed by atoms with van der Waals surface area (Å²) in [5.74, 6) is -0.348. The minimum atomic E-state index is -1.05. The summed E-state index contributed by atoms with van der Waals surface area (Å²) in [4.78, 5) is 16.2. The third-order valence-corrected chi connectivity index (χ3v) is 5.02. The smallest absolute Gasteiger partial charge is 0.257 e. The number of halogens is 1. The van der Waals surface area contributed by atoms with Crippen LogP contribution in [0.2, 0.25) is 0 Å². The third-order valence-electron chi connectivity index (χ3n) is 4.39. The average Bonchev–Trinajstić information content (AvgIpc) is 2.73. The van der Waals surface area contributed by atoms with Crippen LogP contribution < -0.4 is 10.2 Å². The first-order valence-corrected chi connectivity index (χ1v) is 8.00. The molecule has 0 aliphatic carbocycles. The number of nitrogens with zero attached hydrogens (tertiary/aromatic N) is 2. The fraction of sp³-hybridized carbons (Fsp3) is 0.533. The number of benzene rings is 1. The second-order valence-corrected chi connectivity index (χ2v) is 6.84. The van der Waals surface area contributed by atoms with Crippen LogP contribution in [0.3, 0.4) is 0 Å². The molecule has 2 aliphatic heterocycles. The molecular weight excluding hydrogens is 334 g/mol. The zero-order chi connectivity index (χ0) is 15.1. The van der Waals surface area contributed by atoms with Crippen molar-refractivity contribution in [1.29, 1.82) is 0 Å². The van der Waals surface area contributed by atoms with Crippen molar-refractivity contribution in [2.45, 2.75) is 25.0 Å². The van der Waals surface area contributed by atoms with Gasteiger partial charge in [0.25, 0.3) is 5.91 Å². The molecule has 0 saturated carbocycles. The van der Waals surface area contributed by atoms with Crippen LogP contribution in [0.25, 0.3) is 0 Å². The lowest BCUT2D eigenvalue weighted by Crippen LogP contribution is -2.45. The molecule has 1 fully saturated rings. The number of fused-ring (bicyclic) bond motifs is 1. The van der Waals surface area contributed by atoms with Gasteiger partial charge < -0.3 is 20.2 Å². The summed E-state index contributed by atoms with van der Waals surface area (Å²) < 4.78 is 0.927. The fourth-order valence-electron chi connectivity index (χ4n) is 3.09. The number of aliphatic hydroxyl groups is 1. The fourth-order valence-corrected chi connectivity index (χ4v) is 3.70. The Morgan fingerprint density at radius 3 is 2.90 bits per heavy atom. The molecule has 2 N–H and O–H groups in total. The number of nitrogens with one attached hydrogen (secondary N) is 1. The molecule has 5 nitrogen and oxygen atoms in total. The minimum Gasteiger partial charge on any atom is -0.378 e. The Morgan fingerprint density at radius 1 is 1.43 bits per heavy atom. The minimum absolute atomic E-state index is 0.348. The molecule has 2 atom stereocenters. The van der Waals surface area contributed by atoms with E-state index < -0.39 is 6.10 Å². The van der Waals surface area contributed by atoms with Gasteiger partial charge in [0.15, 0.2) is 6.10 Å². The number of rotatable bonds is 2. The van der Waals surface area contributed by atoms with E-state index in [1.54, 1.807) is 0 Å². The van der Waals surface area contributed by atoms with E-state index in [-0.39, 0.29) is 5.91 Å². The van der Waals surface area contributed by atoms with Gasteiger partial charge in [0.05, 0.1) is 5.69 Å². The van der Waals surface area contributed by atoms with Crippen molar-refractivity contribution in [2.24, 2.45) is 0 Å². The quantitative estimate of drug-likeness (QED) is 0.853. The predicted octanol–water partition coefficient (Wildman–Crippen LogP) is 1.96. The van der Waals surface area contributed by atoms with Gasteiger partial charge in [-0.2, -0.15) is 0 Å². The first kappa shape index (κ1) is 14.8. The van der Waals surface area contributed by atoms with Crippen molar-refractivity contribution >= 4 is 33.2 Å². The van der Waals surface area contributed by atoms with Crippen LogP contribution >= 0.6 is 15.9 Å². The van der Waals surface area contributed by atoms with Crippen LogP contribution in [0.4, 0.5) is 11.4 Å². The second-order valence-electron chi connectivity index (χ2n) is 5.99. The molecule has 1 saturated heterocycles.